The number of hydrogen-bond acceptors (Lipinski definition) is 5. The van der Waals surface area contributed by atoms with E-state index >= 15 is 0 Å². The molecule has 0 aliphatic heterocycles. The van der Waals surface area contributed by atoms with Crippen molar-refractivity contribution in [1.29, 1.82) is 0 Å². The van der Waals surface area contributed by atoms with Gasteiger partial charge in [-0.2, -0.15) is 0 Å². The number of fused-ring (bicyclic) bond motifs is 3. The molecule has 0 spiro atoms. The van der Waals surface area contributed by atoms with Gasteiger partial charge in [0.05, 0.1) is 16.1 Å². The van der Waals surface area contributed by atoms with E-state index in [1.54, 1.807) is 19.3 Å². The Balaban J connectivity index is 1.45. The van der Waals surface area contributed by atoms with Crippen molar-refractivity contribution in [2.24, 2.45) is 5.92 Å². The molecule has 0 saturated heterocycles. The molecule has 170 valence electrons. The summed E-state index contributed by atoms with van der Waals surface area (Å²) in [7, 11) is 0. The number of amides is 1. The lowest BCUT2D eigenvalue weighted by molar-refractivity contribution is 0.0940. The molecule has 1 aliphatic rings. The van der Waals surface area contributed by atoms with Gasteiger partial charge in [0, 0.05) is 30.4 Å². The molecular formula is C25H25ClN4O3. The van der Waals surface area contributed by atoms with Crippen LogP contribution in [-0.4, -0.2) is 27.2 Å². The first-order valence-electron chi connectivity index (χ1n) is 11.2. The van der Waals surface area contributed by atoms with Gasteiger partial charge in [0.25, 0.3) is 11.5 Å². The zero-order chi connectivity index (χ0) is 23.1. The normalized spacial score (nSPS) is 18.6. The molecule has 0 radical (unpaired) electrons. The molecule has 3 heterocycles. The van der Waals surface area contributed by atoms with Crippen molar-refractivity contribution in [1.82, 2.24) is 20.0 Å². The zero-order valence-electron chi connectivity index (χ0n) is 18.6. The Morgan fingerprint density at radius 3 is 2.91 bits per heavy atom. The Morgan fingerprint density at radius 1 is 1.24 bits per heavy atom. The van der Waals surface area contributed by atoms with Crippen LogP contribution in [0.3, 0.4) is 0 Å². The molecule has 1 aliphatic carbocycles. The molecule has 5 rings (SSSR count). The highest BCUT2D eigenvalue weighted by molar-refractivity contribution is 6.37. The summed E-state index contributed by atoms with van der Waals surface area (Å²) in [5.41, 5.74) is 2.70. The molecule has 3 aromatic heterocycles. The van der Waals surface area contributed by atoms with Gasteiger partial charge in [0.15, 0.2) is 0 Å². The Bertz CT molecular complexity index is 1420. The van der Waals surface area contributed by atoms with Crippen LogP contribution in [0.1, 0.15) is 53.4 Å². The van der Waals surface area contributed by atoms with Crippen molar-refractivity contribution in [3.8, 4) is 0 Å². The Morgan fingerprint density at radius 2 is 2.09 bits per heavy atom. The number of rotatable bonds is 4. The standard InChI is InChI=1S/C25H25ClN4O3/c1-14-9-17(13-27-11-14)24(31)28-12-16-5-3-6-18(10-16)30-20-8-4-7-19(26)22(20)23-21(25(30)32)15(2)33-29-23/h4,7-9,11,13,16,18H,3,5-6,10,12H2,1-2H3,(H,28,31). The molecule has 1 aromatic carbocycles. The molecule has 2 atom stereocenters. The van der Waals surface area contributed by atoms with Gasteiger partial charge in [-0.05, 0) is 62.8 Å². The first-order valence-corrected chi connectivity index (χ1v) is 11.6. The molecule has 7 nitrogen and oxygen atoms in total. The molecule has 2 unspecified atom stereocenters. The third-order valence-electron chi connectivity index (χ3n) is 6.59. The van der Waals surface area contributed by atoms with Crippen LogP contribution >= 0.6 is 11.6 Å². The predicted octanol–water partition coefficient (Wildman–Crippen LogP) is 4.97. The lowest BCUT2D eigenvalue weighted by Crippen LogP contribution is -2.34. The fourth-order valence-corrected chi connectivity index (χ4v) is 5.29. The number of halogens is 1. The van der Waals surface area contributed by atoms with Crippen molar-refractivity contribution in [3.05, 3.63) is 68.9 Å². The lowest BCUT2D eigenvalue weighted by atomic mass is 9.85. The van der Waals surface area contributed by atoms with E-state index in [4.69, 9.17) is 16.1 Å². The SMILES string of the molecule is Cc1cncc(C(=O)NCC2CCCC(n3c(=O)c4c(C)onc4c4c(Cl)cccc43)C2)c1. The second-order valence-electron chi connectivity index (χ2n) is 8.92. The largest absolute Gasteiger partial charge is 0.360 e. The molecule has 8 heteroatoms. The quantitative estimate of drug-likeness (QED) is 0.460. The second kappa shape index (κ2) is 8.63. The Hall–Kier alpha value is -3.19. The fourth-order valence-electron chi connectivity index (χ4n) is 5.04. The summed E-state index contributed by atoms with van der Waals surface area (Å²) in [6, 6.07) is 7.42. The summed E-state index contributed by atoms with van der Waals surface area (Å²) in [5, 5.41) is 8.95. The van der Waals surface area contributed by atoms with E-state index in [1.807, 2.05) is 35.8 Å². The average molecular weight is 465 g/mol. The average Bonchev–Trinajstić information content (AvgIpc) is 3.19. The minimum absolute atomic E-state index is 0.00783. The topological polar surface area (TPSA) is 90.0 Å². The van der Waals surface area contributed by atoms with Gasteiger partial charge >= 0.3 is 0 Å². The minimum Gasteiger partial charge on any atom is -0.360 e. The fraction of sp³-hybridized carbons (Fsp3) is 0.360. The van der Waals surface area contributed by atoms with Crippen molar-refractivity contribution in [3.63, 3.8) is 0 Å². The number of pyridine rings is 2. The summed E-state index contributed by atoms with van der Waals surface area (Å²) in [6.45, 7) is 4.23. The van der Waals surface area contributed by atoms with E-state index in [9.17, 15) is 9.59 Å². The summed E-state index contributed by atoms with van der Waals surface area (Å²) in [5.74, 6) is 0.645. The maximum Gasteiger partial charge on any atom is 0.264 e. The monoisotopic (exact) mass is 464 g/mol. The van der Waals surface area contributed by atoms with Gasteiger partial charge in [0.2, 0.25) is 0 Å². The maximum absolute atomic E-state index is 13.6. The van der Waals surface area contributed by atoms with E-state index in [-0.39, 0.29) is 23.4 Å². The van der Waals surface area contributed by atoms with Crippen molar-refractivity contribution < 1.29 is 9.32 Å². The third-order valence-corrected chi connectivity index (χ3v) is 6.91. The van der Waals surface area contributed by atoms with E-state index in [2.05, 4.69) is 15.5 Å². The zero-order valence-corrected chi connectivity index (χ0v) is 19.4. The number of carbonyl (C=O) groups is 1. The summed E-state index contributed by atoms with van der Waals surface area (Å²) in [6.07, 6.45) is 6.98. The van der Waals surface area contributed by atoms with Crippen LogP contribution in [0.25, 0.3) is 21.8 Å². The van der Waals surface area contributed by atoms with Crippen LogP contribution in [0, 0.1) is 19.8 Å². The van der Waals surface area contributed by atoms with Crippen LogP contribution in [0.15, 0.2) is 46.0 Å². The first kappa shape index (κ1) is 21.6. The molecule has 4 aromatic rings. The number of nitrogens with one attached hydrogen (secondary N) is 1. The van der Waals surface area contributed by atoms with Gasteiger partial charge in [0.1, 0.15) is 16.7 Å². The van der Waals surface area contributed by atoms with Crippen molar-refractivity contribution in [2.45, 2.75) is 45.6 Å². The van der Waals surface area contributed by atoms with Gasteiger partial charge in [-0.3, -0.25) is 14.6 Å². The number of hydrogen-bond donors (Lipinski definition) is 1. The highest BCUT2D eigenvalue weighted by Crippen LogP contribution is 2.36. The smallest absolute Gasteiger partial charge is 0.264 e. The van der Waals surface area contributed by atoms with Gasteiger partial charge in [-0.15, -0.1) is 0 Å². The van der Waals surface area contributed by atoms with Gasteiger partial charge in [-0.1, -0.05) is 29.2 Å². The van der Waals surface area contributed by atoms with Crippen LogP contribution in [0.2, 0.25) is 5.02 Å². The van der Waals surface area contributed by atoms with Crippen molar-refractivity contribution >= 4 is 39.3 Å². The first-order chi connectivity index (χ1) is 15.9. The molecule has 1 fully saturated rings. The summed E-state index contributed by atoms with van der Waals surface area (Å²) in [4.78, 5) is 30.2. The van der Waals surface area contributed by atoms with Crippen LogP contribution in [0.4, 0.5) is 0 Å². The number of nitrogens with zero attached hydrogens (tertiary/aromatic N) is 3. The minimum atomic E-state index is -0.121. The van der Waals surface area contributed by atoms with E-state index < -0.39 is 0 Å². The number of benzene rings is 1. The van der Waals surface area contributed by atoms with E-state index in [1.165, 1.54) is 0 Å². The molecular weight excluding hydrogens is 440 g/mol. The molecule has 1 N–H and O–H groups in total. The molecule has 0 bridgehead atoms. The Labute approximate surface area is 195 Å². The van der Waals surface area contributed by atoms with Crippen LogP contribution in [0.5, 0.6) is 0 Å². The summed E-state index contributed by atoms with van der Waals surface area (Å²) >= 11 is 6.54. The van der Waals surface area contributed by atoms with E-state index in [0.717, 1.165) is 42.1 Å². The van der Waals surface area contributed by atoms with Crippen LogP contribution in [-0.2, 0) is 0 Å². The third kappa shape index (κ3) is 3.91. The second-order valence-corrected chi connectivity index (χ2v) is 9.33. The molecule has 1 amide bonds. The molecule has 1 saturated carbocycles. The number of aromatic nitrogens is 3. The maximum atomic E-state index is 13.6. The summed E-state index contributed by atoms with van der Waals surface area (Å²) < 4.78 is 7.23. The predicted molar refractivity (Wildman–Crippen MR) is 128 cm³/mol. The van der Waals surface area contributed by atoms with E-state index in [0.29, 0.717) is 33.8 Å². The van der Waals surface area contributed by atoms with Crippen molar-refractivity contribution in [2.75, 3.05) is 6.54 Å². The number of carbonyl (C=O) groups excluding carboxylic acids is 1. The Kier molecular flexibility index (Phi) is 5.66. The molecule has 33 heavy (non-hydrogen) atoms. The highest BCUT2D eigenvalue weighted by atomic mass is 35.5. The highest BCUT2D eigenvalue weighted by Gasteiger charge is 2.28. The number of aryl methyl sites for hydroxylation is 2. The van der Waals surface area contributed by atoms with Gasteiger partial charge < -0.3 is 14.4 Å². The van der Waals surface area contributed by atoms with Crippen LogP contribution < -0.4 is 10.9 Å². The lowest BCUT2D eigenvalue weighted by Gasteiger charge is -2.31. The van der Waals surface area contributed by atoms with Gasteiger partial charge in [-0.25, -0.2) is 0 Å².